The van der Waals surface area contributed by atoms with Crippen molar-refractivity contribution in [3.05, 3.63) is 29.8 Å². The summed E-state index contributed by atoms with van der Waals surface area (Å²) >= 11 is 1.39. The first kappa shape index (κ1) is 16.4. The van der Waals surface area contributed by atoms with Crippen LogP contribution in [0.3, 0.4) is 0 Å². The molecular weight excluding hydrogens is 282 g/mol. The van der Waals surface area contributed by atoms with Crippen LogP contribution in [0.5, 0.6) is 5.75 Å². The first-order chi connectivity index (χ1) is 10.3. The van der Waals surface area contributed by atoms with Gasteiger partial charge in [-0.15, -0.1) is 0 Å². The first-order valence-electron chi connectivity index (χ1n) is 7.92. The number of likely N-dealkylation sites (tertiary alicyclic amines) is 1. The predicted octanol–water partition coefficient (Wildman–Crippen LogP) is 3.83. The van der Waals surface area contributed by atoms with Crippen LogP contribution in [0.4, 0.5) is 0 Å². The molecule has 0 aromatic heterocycles. The molecule has 1 saturated heterocycles. The lowest BCUT2D eigenvalue weighted by atomic mass is 10.1. The van der Waals surface area contributed by atoms with Gasteiger partial charge < -0.3 is 4.74 Å². The maximum Gasteiger partial charge on any atom is 0.219 e. The van der Waals surface area contributed by atoms with E-state index in [-0.39, 0.29) is 5.12 Å². The topological polar surface area (TPSA) is 29.5 Å². The summed E-state index contributed by atoms with van der Waals surface area (Å²) in [4.78, 5) is 14.3. The molecule has 21 heavy (non-hydrogen) atoms. The molecule has 0 amide bonds. The normalized spacial score (nSPS) is 15.9. The highest BCUT2D eigenvalue weighted by Crippen LogP contribution is 2.17. The van der Waals surface area contributed by atoms with Crippen molar-refractivity contribution in [3.63, 3.8) is 0 Å². The van der Waals surface area contributed by atoms with Crippen LogP contribution in [0.25, 0.3) is 0 Å². The number of ether oxygens (including phenoxy) is 1. The fourth-order valence-electron chi connectivity index (χ4n) is 2.44. The van der Waals surface area contributed by atoms with Gasteiger partial charge in [0, 0.05) is 17.9 Å². The first-order valence-corrected chi connectivity index (χ1v) is 8.90. The summed E-state index contributed by atoms with van der Waals surface area (Å²) in [6, 6.07) is 7.52. The third-order valence-electron chi connectivity index (χ3n) is 3.65. The van der Waals surface area contributed by atoms with Crippen LogP contribution >= 0.6 is 11.8 Å². The molecule has 0 aliphatic carbocycles. The number of rotatable bonds is 7. The third-order valence-corrected chi connectivity index (χ3v) is 4.76. The van der Waals surface area contributed by atoms with Gasteiger partial charge in [0.25, 0.3) is 0 Å². The van der Waals surface area contributed by atoms with E-state index in [1.54, 1.807) is 0 Å². The number of thioether (sulfide) groups is 1. The highest BCUT2D eigenvalue weighted by Gasteiger charge is 2.10. The Kier molecular flexibility index (Phi) is 7.10. The van der Waals surface area contributed by atoms with E-state index < -0.39 is 0 Å². The van der Waals surface area contributed by atoms with Crippen LogP contribution in [-0.4, -0.2) is 42.0 Å². The Morgan fingerprint density at radius 1 is 1.19 bits per heavy atom. The zero-order valence-corrected chi connectivity index (χ0v) is 13.7. The Labute approximate surface area is 132 Å². The van der Waals surface area contributed by atoms with Crippen LogP contribution in [0, 0.1) is 0 Å². The van der Waals surface area contributed by atoms with Gasteiger partial charge in [0.15, 0.2) is 0 Å². The number of hydrogen-bond acceptors (Lipinski definition) is 4. The molecule has 1 aromatic carbocycles. The van der Waals surface area contributed by atoms with E-state index >= 15 is 0 Å². The van der Waals surface area contributed by atoms with Crippen LogP contribution in [0.1, 0.15) is 43.0 Å². The van der Waals surface area contributed by atoms with Crippen molar-refractivity contribution in [2.75, 3.05) is 32.0 Å². The molecule has 0 N–H and O–H groups in total. The fraction of sp³-hybridized carbons (Fsp3) is 0.588. The van der Waals surface area contributed by atoms with Gasteiger partial charge in [0.2, 0.25) is 5.12 Å². The molecule has 1 heterocycles. The highest BCUT2D eigenvalue weighted by atomic mass is 32.2. The largest absolute Gasteiger partial charge is 0.492 e. The maximum atomic E-state index is 11.9. The van der Waals surface area contributed by atoms with E-state index in [2.05, 4.69) is 11.8 Å². The monoisotopic (exact) mass is 307 g/mol. The van der Waals surface area contributed by atoms with Gasteiger partial charge in [-0.25, -0.2) is 0 Å². The van der Waals surface area contributed by atoms with E-state index in [1.165, 1.54) is 44.1 Å². The molecule has 1 fully saturated rings. The van der Waals surface area contributed by atoms with Gasteiger partial charge in [-0.3, -0.25) is 9.69 Å². The zero-order valence-electron chi connectivity index (χ0n) is 12.8. The van der Waals surface area contributed by atoms with Crippen molar-refractivity contribution in [1.29, 1.82) is 0 Å². The molecule has 0 radical (unpaired) electrons. The summed E-state index contributed by atoms with van der Waals surface area (Å²) in [5.41, 5.74) is 0.761. The lowest BCUT2D eigenvalue weighted by Crippen LogP contribution is -2.33. The van der Waals surface area contributed by atoms with Crippen LogP contribution < -0.4 is 4.74 Å². The summed E-state index contributed by atoms with van der Waals surface area (Å²) in [6.07, 6.45) is 5.01. The predicted molar refractivity (Wildman–Crippen MR) is 89.3 cm³/mol. The number of piperidine rings is 1. The molecule has 0 spiro atoms. The average molecular weight is 307 g/mol. The fourth-order valence-corrected chi connectivity index (χ4v) is 3.13. The van der Waals surface area contributed by atoms with Crippen LogP contribution in [0.15, 0.2) is 24.3 Å². The Bertz CT molecular complexity index is 427. The van der Waals surface area contributed by atoms with E-state index in [1.807, 2.05) is 24.3 Å². The molecule has 2 rings (SSSR count). The molecule has 0 unspecified atom stereocenters. The lowest BCUT2D eigenvalue weighted by molar-refractivity contribution is 0.108. The minimum absolute atomic E-state index is 0.150. The van der Waals surface area contributed by atoms with Crippen molar-refractivity contribution >= 4 is 16.9 Å². The molecule has 0 bridgehead atoms. The van der Waals surface area contributed by atoms with Crippen molar-refractivity contribution in [3.8, 4) is 5.75 Å². The summed E-state index contributed by atoms with van der Waals surface area (Å²) in [5, 5.41) is 0.150. The van der Waals surface area contributed by atoms with Gasteiger partial charge in [-0.2, -0.15) is 0 Å². The van der Waals surface area contributed by atoms with Crippen molar-refractivity contribution < 1.29 is 9.53 Å². The summed E-state index contributed by atoms with van der Waals surface area (Å²) in [6.45, 7) is 6.20. The molecule has 0 saturated carbocycles. The molecule has 1 aliphatic rings. The van der Waals surface area contributed by atoms with E-state index in [0.717, 1.165) is 36.6 Å². The van der Waals surface area contributed by atoms with Gasteiger partial charge in [-0.05, 0) is 56.6 Å². The molecule has 1 aromatic rings. The van der Waals surface area contributed by atoms with Crippen molar-refractivity contribution in [2.45, 2.75) is 32.6 Å². The highest BCUT2D eigenvalue weighted by molar-refractivity contribution is 8.14. The second kappa shape index (κ2) is 9.11. The number of carbonyl (C=O) groups is 1. The third kappa shape index (κ3) is 5.71. The molecule has 0 atom stereocenters. The molecule has 3 nitrogen and oxygen atoms in total. The quantitative estimate of drug-likeness (QED) is 0.765. The Hall–Kier alpha value is -1.00. The molecule has 116 valence electrons. The number of benzene rings is 1. The summed E-state index contributed by atoms with van der Waals surface area (Å²) in [5.74, 6) is 1.73. The van der Waals surface area contributed by atoms with Gasteiger partial charge in [0.1, 0.15) is 12.4 Å². The average Bonchev–Trinajstić information content (AvgIpc) is 2.54. The van der Waals surface area contributed by atoms with Crippen LogP contribution in [-0.2, 0) is 0 Å². The molecule has 1 aliphatic heterocycles. The number of carbonyl (C=O) groups excluding carboxylic acids is 1. The van der Waals surface area contributed by atoms with Gasteiger partial charge in [-0.1, -0.05) is 25.1 Å². The minimum Gasteiger partial charge on any atom is -0.492 e. The van der Waals surface area contributed by atoms with Gasteiger partial charge >= 0.3 is 0 Å². The SMILES string of the molecule is CCCSC(=O)c1ccc(OCCN2CCCCC2)cc1. The van der Waals surface area contributed by atoms with Crippen molar-refractivity contribution in [2.24, 2.45) is 0 Å². The molecule has 4 heteroatoms. The zero-order chi connectivity index (χ0) is 14.9. The second-order valence-corrected chi connectivity index (χ2v) is 6.48. The van der Waals surface area contributed by atoms with Crippen molar-refractivity contribution in [1.82, 2.24) is 4.90 Å². The smallest absolute Gasteiger partial charge is 0.219 e. The standard InChI is InChI=1S/C17H25NO2S/c1-2-14-21-17(19)15-6-8-16(9-7-15)20-13-12-18-10-4-3-5-11-18/h6-9H,2-5,10-14H2,1H3. The Balaban J connectivity index is 1.72. The second-order valence-electron chi connectivity index (χ2n) is 5.41. The molecular formula is C17H25NO2S. The Morgan fingerprint density at radius 3 is 2.57 bits per heavy atom. The summed E-state index contributed by atoms with van der Waals surface area (Å²) < 4.78 is 5.76. The maximum absolute atomic E-state index is 11.9. The van der Waals surface area contributed by atoms with E-state index in [4.69, 9.17) is 4.74 Å². The number of hydrogen-bond donors (Lipinski definition) is 0. The van der Waals surface area contributed by atoms with E-state index in [0.29, 0.717) is 0 Å². The number of nitrogens with zero attached hydrogens (tertiary/aromatic N) is 1. The Morgan fingerprint density at radius 2 is 1.90 bits per heavy atom. The lowest BCUT2D eigenvalue weighted by Gasteiger charge is -2.26. The van der Waals surface area contributed by atoms with Gasteiger partial charge in [0.05, 0.1) is 0 Å². The minimum atomic E-state index is 0.150. The summed E-state index contributed by atoms with van der Waals surface area (Å²) in [7, 11) is 0. The van der Waals surface area contributed by atoms with Crippen LogP contribution in [0.2, 0.25) is 0 Å². The van der Waals surface area contributed by atoms with E-state index in [9.17, 15) is 4.79 Å².